The molecule has 0 spiro atoms. The number of alkyl halides is 3. The fourth-order valence-corrected chi connectivity index (χ4v) is 3.52. The van der Waals surface area contributed by atoms with Crippen LogP contribution in [0.1, 0.15) is 16.0 Å². The normalized spacial score (nSPS) is 12.2. The van der Waals surface area contributed by atoms with Gasteiger partial charge in [0, 0.05) is 28.3 Å². The predicted octanol–water partition coefficient (Wildman–Crippen LogP) is 5.33. The molecule has 0 aliphatic rings. The zero-order chi connectivity index (χ0) is 20.3. The van der Waals surface area contributed by atoms with Crippen molar-refractivity contribution in [1.82, 2.24) is 9.88 Å². The second-order valence-electron chi connectivity index (χ2n) is 5.94. The van der Waals surface area contributed by atoms with E-state index in [-0.39, 0.29) is 6.54 Å². The maximum atomic E-state index is 12.7. The molecule has 2 amide bonds. The van der Waals surface area contributed by atoms with Crippen molar-refractivity contribution in [3.63, 3.8) is 0 Å². The van der Waals surface area contributed by atoms with E-state index in [2.05, 4.69) is 10.3 Å². The van der Waals surface area contributed by atoms with E-state index in [0.29, 0.717) is 15.5 Å². The van der Waals surface area contributed by atoms with Gasteiger partial charge in [-0.05, 0) is 48.9 Å². The minimum Gasteiger partial charge on any atom is -0.332 e. The lowest BCUT2D eigenvalue weighted by atomic mass is 10.2. The summed E-state index contributed by atoms with van der Waals surface area (Å²) in [6, 6.07) is 11.2. The Morgan fingerprint density at radius 3 is 2.57 bits per heavy atom. The summed E-state index contributed by atoms with van der Waals surface area (Å²) >= 11 is 7.18. The van der Waals surface area contributed by atoms with Gasteiger partial charge in [0.2, 0.25) is 0 Å². The minimum atomic E-state index is -4.40. The van der Waals surface area contributed by atoms with Crippen molar-refractivity contribution in [3.05, 3.63) is 80.6 Å². The minimum absolute atomic E-state index is 0.257. The van der Waals surface area contributed by atoms with Gasteiger partial charge in [-0.3, -0.25) is 4.57 Å². The van der Waals surface area contributed by atoms with Crippen molar-refractivity contribution in [2.75, 3.05) is 0 Å². The molecule has 1 N–H and O–H groups in total. The number of nitrogens with one attached hydrogen (secondary N) is 1. The highest BCUT2D eigenvalue weighted by atomic mass is 35.5. The molecular formula is C19H15ClF3N3OS. The Hall–Kier alpha value is -2.58. The predicted molar refractivity (Wildman–Crippen MR) is 103 cm³/mol. The first-order valence-corrected chi connectivity index (χ1v) is 9.35. The van der Waals surface area contributed by atoms with Crippen LogP contribution in [0.15, 0.2) is 59.7 Å². The van der Waals surface area contributed by atoms with Gasteiger partial charge >= 0.3 is 12.2 Å². The number of benzene rings is 2. The number of carbonyl (C=O) groups excluding carboxylic acids is 1. The van der Waals surface area contributed by atoms with Crippen LogP contribution in [-0.4, -0.2) is 10.6 Å². The lowest BCUT2D eigenvalue weighted by Crippen LogP contribution is -2.23. The maximum Gasteiger partial charge on any atom is 0.416 e. The standard InChI is InChI=1S/C19H15ClF3N3OS/c1-12-11-26(16-7-5-14(6-8-16)19(21,22)23)18(28-12)25-17(27)24-10-13-3-2-4-15(20)9-13/h2-9,11H,10H2,1H3,(H,24,27). The molecule has 0 fully saturated rings. The molecule has 0 radical (unpaired) electrons. The van der Waals surface area contributed by atoms with Gasteiger partial charge in [0.1, 0.15) is 0 Å². The molecule has 1 aromatic heterocycles. The zero-order valence-electron chi connectivity index (χ0n) is 14.6. The molecule has 28 heavy (non-hydrogen) atoms. The van der Waals surface area contributed by atoms with Crippen LogP contribution >= 0.6 is 22.9 Å². The monoisotopic (exact) mass is 425 g/mol. The molecule has 9 heteroatoms. The number of halogens is 4. The second kappa shape index (κ2) is 8.20. The van der Waals surface area contributed by atoms with E-state index in [1.54, 1.807) is 29.0 Å². The average molecular weight is 426 g/mol. The molecule has 0 aliphatic carbocycles. The number of hydrogen-bond donors (Lipinski definition) is 1. The van der Waals surface area contributed by atoms with E-state index in [9.17, 15) is 18.0 Å². The van der Waals surface area contributed by atoms with Crippen LogP contribution in [0, 0.1) is 6.92 Å². The highest BCUT2D eigenvalue weighted by Gasteiger charge is 2.30. The van der Waals surface area contributed by atoms with Gasteiger partial charge in [0.25, 0.3) is 0 Å². The molecular weight excluding hydrogens is 411 g/mol. The summed E-state index contributed by atoms with van der Waals surface area (Å²) in [6.45, 7) is 2.08. The van der Waals surface area contributed by atoms with E-state index in [1.165, 1.54) is 23.5 Å². The summed E-state index contributed by atoms with van der Waals surface area (Å²) in [4.78, 5) is 17.4. The third-order valence-electron chi connectivity index (χ3n) is 3.77. The first-order chi connectivity index (χ1) is 13.2. The fourth-order valence-electron chi connectivity index (χ4n) is 2.48. The summed E-state index contributed by atoms with van der Waals surface area (Å²) in [6.07, 6.45) is -2.68. The van der Waals surface area contributed by atoms with Gasteiger partial charge in [-0.1, -0.05) is 23.7 Å². The second-order valence-corrected chi connectivity index (χ2v) is 7.59. The van der Waals surface area contributed by atoms with Gasteiger partial charge < -0.3 is 5.32 Å². The summed E-state index contributed by atoms with van der Waals surface area (Å²) in [5, 5.41) is 3.24. The van der Waals surface area contributed by atoms with Crippen LogP contribution in [0.4, 0.5) is 18.0 Å². The average Bonchev–Trinajstić information content (AvgIpc) is 2.99. The molecule has 0 saturated carbocycles. The highest BCUT2D eigenvalue weighted by Crippen LogP contribution is 2.29. The van der Waals surface area contributed by atoms with Gasteiger partial charge in [-0.2, -0.15) is 18.2 Å². The SMILES string of the molecule is Cc1cn(-c2ccc(C(F)(F)F)cc2)c(=NC(=O)NCc2cccc(Cl)c2)s1. The number of thiazole rings is 1. The van der Waals surface area contributed by atoms with Crippen LogP contribution < -0.4 is 10.1 Å². The van der Waals surface area contributed by atoms with Crippen molar-refractivity contribution in [2.24, 2.45) is 4.99 Å². The molecule has 1 heterocycles. The number of nitrogens with zero attached hydrogens (tertiary/aromatic N) is 2. The smallest absolute Gasteiger partial charge is 0.332 e. The third-order valence-corrected chi connectivity index (χ3v) is 4.91. The van der Waals surface area contributed by atoms with Crippen molar-refractivity contribution in [2.45, 2.75) is 19.6 Å². The van der Waals surface area contributed by atoms with Gasteiger partial charge in [0.05, 0.1) is 5.56 Å². The first kappa shape index (κ1) is 20.2. The Kier molecular flexibility index (Phi) is 5.90. The Bertz CT molecular complexity index is 1060. The number of amides is 2. The molecule has 0 atom stereocenters. The quantitative estimate of drug-likeness (QED) is 0.605. The molecule has 146 valence electrons. The molecule has 0 bridgehead atoms. The maximum absolute atomic E-state index is 12.7. The summed E-state index contributed by atoms with van der Waals surface area (Å²) < 4.78 is 39.8. The lowest BCUT2D eigenvalue weighted by Gasteiger charge is -2.08. The molecule has 0 saturated heterocycles. The molecule has 2 aromatic carbocycles. The Morgan fingerprint density at radius 2 is 1.93 bits per heavy atom. The number of aryl methyl sites for hydroxylation is 1. The van der Waals surface area contributed by atoms with Gasteiger partial charge in [-0.15, -0.1) is 11.3 Å². The number of hydrogen-bond acceptors (Lipinski definition) is 2. The third kappa shape index (κ3) is 5.02. The van der Waals surface area contributed by atoms with Gasteiger partial charge in [-0.25, -0.2) is 4.79 Å². The highest BCUT2D eigenvalue weighted by molar-refractivity contribution is 7.09. The van der Waals surface area contributed by atoms with Gasteiger partial charge in [0.15, 0.2) is 4.80 Å². The van der Waals surface area contributed by atoms with Crippen molar-refractivity contribution >= 4 is 29.0 Å². The molecule has 3 aromatic rings. The first-order valence-electron chi connectivity index (χ1n) is 8.16. The van der Waals surface area contributed by atoms with Crippen molar-refractivity contribution in [3.8, 4) is 5.69 Å². The van der Waals surface area contributed by atoms with Crippen LogP contribution in [0.5, 0.6) is 0 Å². The van der Waals surface area contributed by atoms with Crippen LogP contribution in [0.2, 0.25) is 5.02 Å². The summed E-state index contributed by atoms with van der Waals surface area (Å²) in [7, 11) is 0. The molecule has 0 unspecified atom stereocenters. The number of carbonyl (C=O) groups is 1. The number of rotatable bonds is 3. The summed E-state index contributed by atoms with van der Waals surface area (Å²) in [5.74, 6) is 0. The number of aromatic nitrogens is 1. The van der Waals surface area contributed by atoms with E-state index >= 15 is 0 Å². The van der Waals surface area contributed by atoms with E-state index in [0.717, 1.165) is 22.6 Å². The van der Waals surface area contributed by atoms with Crippen LogP contribution in [0.25, 0.3) is 5.69 Å². The van der Waals surface area contributed by atoms with Crippen molar-refractivity contribution < 1.29 is 18.0 Å². The van der Waals surface area contributed by atoms with Crippen molar-refractivity contribution in [1.29, 1.82) is 0 Å². The molecule has 3 rings (SSSR count). The molecule has 0 aliphatic heterocycles. The Morgan fingerprint density at radius 1 is 1.21 bits per heavy atom. The lowest BCUT2D eigenvalue weighted by molar-refractivity contribution is -0.137. The Balaban J connectivity index is 1.82. The van der Waals surface area contributed by atoms with Crippen LogP contribution in [0.3, 0.4) is 0 Å². The van der Waals surface area contributed by atoms with E-state index in [4.69, 9.17) is 11.6 Å². The topological polar surface area (TPSA) is 46.4 Å². The van der Waals surface area contributed by atoms with E-state index in [1.807, 2.05) is 13.0 Å². The largest absolute Gasteiger partial charge is 0.416 e. The molecule has 4 nitrogen and oxygen atoms in total. The fraction of sp³-hybridized carbons (Fsp3) is 0.158. The Labute approximate surface area is 167 Å². The summed E-state index contributed by atoms with van der Waals surface area (Å²) in [5.41, 5.74) is 0.578. The van der Waals surface area contributed by atoms with Crippen LogP contribution in [-0.2, 0) is 12.7 Å². The number of urea groups is 1. The van der Waals surface area contributed by atoms with E-state index < -0.39 is 17.8 Å². The zero-order valence-corrected chi connectivity index (χ0v) is 16.2.